The summed E-state index contributed by atoms with van der Waals surface area (Å²) in [5, 5.41) is 8.60. The molecule has 0 saturated heterocycles. The predicted octanol–water partition coefficient (Wildman–Crippen LogP) is 1.91. The molecular weight excluding hydrogens is 274 g/mol. The van der Waals surface area contributed by atoms with Crippen LogP contribution in [0.15, 0.2) is 22.7 Å². The normalized spacial score (nSPS) is 9.94. The lowest BCUT2D eigenvalue weighted by Crippen LogP contribution is -2.32. The summed E-state index contributed by atoms with van der Waals surface area (Å²) in [6.45, 7) is 1.51. The highest BCUT2D eigenvalue weighted by molar-refractivity contribution is 9.10. The van der Waals surface area contributed by atoms with Gasteiger partial charge in [-0.25, -0.2) is 0 Å². The summed E-state index contributed by atoms with van der Waals surface area (Å²) in [5.74, 6) is -1.32. The van der Waals surface area contributed by atoms with Gasteiger partial charge in [-0.2, -0.15) is 0 Å². The van der Waals surface area contributed by atoms with Gasteiger partial charge in [0.15, 0.2) is 0 Å². The topological polar surface area (TPSA) is 57.6 Å². The van der Waals surface area contributed by atoms with Crippen LogP contribution < -0.4 is 0 Å². The first-order valence-electron chi connectivity index (χ1n) is 4.66. The van der Waals surface area contributed by atoms with Crippen molar-refractivity contribution in [3.05, 3.63) is 33.8 Å². The molecular formula is C11H12BrNO3. The maximum atomic E-state index is 11.9. The Morgan fingerprint density at radius 2 is 2.06 bits per heavy atom. The molecule has 4 nitrogen and oxygen atoms in total. The summed E-state index contributed by atoms with van der Waals surface area (Å²) in [4.78, 5) is 23.6. The van der Waals surface area contributed by atoms with E-state index >= 15 is 0 Å². The van der Waals surface area contributed by atoms with Gasteiger partial charge in [0.1, 0.15) is 6.54 Å². The molecule has 1 aromatic rings. The Morgan fingerprint density at radius 3 is 2.62 bits per heavy atom. The summed E-state index contributed by atoms with van der Waals surface area (Å²) in [6, 6.07) is 5.27. The number of carboxylic acids is 1. The van der Waals surface area contributed by atoms with Gasteiger partial charge < -0.3 is 10.0 Å². The van der Waals surface area contributed by atoms with E-state index in [0.29, 0.717) is 5.56 Å². The smallest absolute Gasteiger partial charge is 0.323 e. The Hall–Kier alpha value is -1.36. The first-order chi connectivity index (χ1) is 7.43. The fraction of sp³-hybridized carbons (Fsp3) is 0.273. The minimum Gasteiger partial charge on any atom is -0.480 e. The van der Waals surface area contributed by atoms with E-state index in [9.17, 15) is 9.59 Å². The Bertz CT molecular complexity index is 431. The summed E-state index contributed by atoms with van der Waals surface area (Å²) < 4.78 is 0.835. The number of nitrogens with zero attached hydrogens (tertiary/aromatic N) is 1. The highest BCUT2D eigenvalue weighted by atomic mass is 79.9. The number of carbonyl (C=O) groups is 2. The molecule has 0 heterocycles. The molecule has 0 bridgehead atoms. The molecule has 0 aliphatic carbocycles. The molecule has 1 aromatic carbocycles. The first kappa shape index (κ1) is 12.7. The quantitative estimate of drug-likeness (QED) is 0.923. The van der Waals surface area contributed by atoms with Crippen LogP contribution in [0.25, 0.3) is 0 Å². The summed E-state index contributed by atoms with van der Waals surface area (Å²) in [5.41, 5.74) is 1.32. The van der Waals surface area contributed by atoms with Crippen LogP contribution in [0.4, 0.5) is 0 Å². The number of amides is 1. The minimum absolute atomic E-state index is 0.291. The molecule has 0 saturated carbocycles. The van der Waals surface area contributed by atoms with E-state index in [1.807, 2.05) is 13.0 Å². The van der Waals surface area contributed by atoms with Crippen molar-refractivity contribution in [3.63, 3.8) is 0 Å². The summed E-state index contributed by atoms with van der Waals surface area (Å²) in [7, 11) is 1.47. The Balaban J connectivity index is 2.96. The molecule has 0 aliphatic heterocycles. The molecule has 1 amide bonds. The lowest BCUT2D eigenvalue weighted by molar-refractivity contribution is -0.137. The number of carboxylic acid groups (broad SMARTS) is 1. The van der Waals surface area contributed by atoms with E-state index in [2.05, 4.69) is 15.9 Å². The van der Waals surface area contributed by atoms with Gasteiger partial charge in [0.25, 0.3) is 5.91 Å². The summed E-state index contributed by atoms with van der Waals surface area (Å²) in [6.07, 6.45) is 0. The van der Waals surface area contributed by atoms with Crippen molar-refractivity contribution in [3.8, 4) is 0 Å². The fourth-order valence-electron chi connectivity index (χ4n) is 1.32. The Morgan fingerprint density at radius 1 is 1.44 bits per heavy atom. The van der Waals surface area contributed by atoms with Gasteiger partial charge >= 0.3 is 5.97 Å². The zero-order valence-electron chi connectivity index (χ0n) is 9.03. The van der Waals surface area contributed by atoms with Gasteiger partial charge in [-0.3, -0.25) is 9.59 Å². The second-order valence-electron chi connectivity index (χ2n) is 3.47. The van der Waals surface area contributed by atoms with E-state index < -0.39 is 5.97 Å². The molecule has 1 N–H and O–H groups in total. The first-order valence-corrected chi connectivity index (χ1v) is 5.45. The molecule has 86 valence electrons. The molecule has 0 aliphatic rings. The third kappa shape index (κ3) is 2.82. The lowest BCUT2D eigenvalue weighted by atomic mass is 10.1. The summed E-state index contributed by atoms with van der Waals surface area (Å²) >= 11 is 3.33. The van der Waals surface area contributed by atoms with Crippen molar-refractivity contribution in [2.45, 2.75) is 6.92 Å². The van der Waals surface area contributed by atoms with E-state index in [4.69, 9.17) is 5.11 Å². The number of hydrogen-bond acceptors (Lipinski definition) is 2. The number of likely N-dealkylation sites (N-methyl/N-ethyl adjacent to an activating group) is 1. The van der Waals surface area contributed by atoms with E-state index in [1.54, 1.807) is 12.1 Å². The zero-order chi connectivity index (χ0) is 12.3. The fourth-order valence-corrected chi connectivity index (χ4v) is 1.69. The van der Waals surface area contributed by atoms with Gasteiger partial charge in [0, 0.05) is 17.1 Å². The molecule has 0 aromatic heterocycles. The van der Waals surface area contributed by atoms with Crippen molar-refractivity contribution in [2.24, 2.45) is 0 Å². The molecule has 0 atom stereocenters. The predicted molar refractivity (Wildman–Crippen MR) is 63.5 cm³/mol. The van der Waals surface area contributed by atoms with Crippen LogP contribution in [0, 0.1) is 6.92 Å². The molecule has 5 heteroatoms. The number of halogens is 1. The van der Waals surface area contributed by atoms with Crippen molar-refractivity contribution < 1.29 is 14.7 Å². The van der Waals surface area contributed by atoms with Gasteiger partial charge in [-0.15, -0.1) is 0 Å². The number of benzene rings is 1. The molecule has 1 rings (SSSR count). The monoisotopic (exact) mass is 285 g/mol. The van der Waals surface area contributed by atoms with Crippen LogP contribution in [-0.4, -0.2) is 35.5 Å². The van der Waals surface area contributed by atoms with E-state index in [-0.39, 0.29) is 12.5 Å². The highest BCUT2D eigenvalue weighted by Gasteiger charge is 2.16. The maximum Gasteiger partial charge on any atom is 0.323 e. The maximum absolute atomic E-state index is 11.9. The van der Waals surface area contributed by atoms with Gasteiger partial charge in [-0.1, -0.05) is 22.0 Å². The van der Waals surface area contributed by atoms with E-state index in [1.165, 1.54) is 11.9 Å². The lowest BCUT2D eigenvalue weighted by Gasteiger charge is -2.16. The molecule has 0 radical (unpaired) electrons. The average molecular weight is 286 g/mol. The van der Waals surface area contributed by atoms with Crippen molar-refractivity contribution in [1.29, 1.82) is 0 Å². The number of carbonyl (C=O) groups excluding carboxylic acids is 1. The van der Waals surface area contributed by atoms with Crippen LogP contribution in [0.1, 0.15) is 15.9 Å². The standard InChI is InChI=1S/C11H12BrNO3/c1-7-8(4-3-5-9(7)12)11(16)13(2)6-10(14)15/h3-5H,6H2,1-2H3,(H,14,15). The zero-order valence-corrected chi connectivity index (χ0v) is 10.6. The SMILES string of the molecule is Cc1c(Br)cccc1C(=O)N(C)CC(=O)O. The Labute approximate surface area is 102 Å². The van der Waals surface area contributed by atoms with Crippen LogP contribution in [0.5, 0.6) is 0 Å². The second kappa shape index (κ2) is 5.12. The second-order valence-corrected chi connectivity index (χ2v) is 4.32. The number of rotatable bonds is 3. The minimum atomic E-state index is -1.02. The highest BCUT2D eigenvalue weighted by Crippen LogP contribution is 2.20. The van der Waals surface area contributed by atoms with Crippen molar-refractivity contribution >= 4 is 27.8 Å². The largest absolute Gasteiger partial charge is 0.480 e. The van der Waals surface area contributed by atoms with Gasteiger partial charge in [-0.05, 0) is 24.6 Å². The van der Waals surface area contributed by atoms with Gasteiger partial charge in [0.2, 0.25) is 0 Å². The molecule has 16 heavy (non-hydrogen) atoms. The molecule has 0 spiro atoms. The molecule has 0 unspecified atom stereocenters. The average Bonchev–Trinajstić information content (AvgIpc) is 2.20. The molecule has 0 fully saturated rings. The van der Waals surface area contributed by atoms with Crippen molar-refractivity contribution in [1.82, 2.24) is 4.90 Å². The third-order valence-corrected chi connectivity index (χ3v) is 3.08. The van der Waals surface area contributed by atoms with Crippen LogP contribution in [0.2, 0.25) is 0 Å². The Kier molecular flexibility index (Phi) is 4.06. The van der Waals surface area contributed by atoms with Crippen LogP contribution >= 0.6 is 15.9 Å². The van der Waals surface area contributed by atoms with E-state index in [0.717, 1.165) is 10.0 Å². The van der Waals surface area contributed by atoms with Crippen molar-refractivity contribution in [2.75, 3.05) is 13.6 Å². The van der Waals surface area contributed by atoms with Gasteiger partial charge in [0.05, 0.1) is 0 Å². The number of aliphatic carboxylic acids is 1. The number of hydrogen-bond donors (Lipinski definition) is 1. The third-order valence-electron chi connectivity index (χ3n) is 2.22. The van der Waals surface area contributed by atoms with Crippen LogP contribution in [0.3, 0.4) is 0 Å². The van der Waals surface area contributed by atoms with Crippen LogP contribution in [-0.2, 0) is 4.79 Å².